The Labute approximate surface area is 186 Å². The van der Waals surface area contributed by atoms with E-state index < -0.39 is 0 Å². The minimum atomic E-state index is 0. The van der Waals surface area contributed by atoms with Gasteiger partial charge in [-0.1, -0.05) is 54.0 Å². The van der Waals surface area contributed by atoms with Gasteiger partial charge in [0.05, 0.1) is 6.54 Å². The van der Waals surface area contributed by atoms with E-state index in [0.717, 1.165) is 12.1 Å². The summed E-state index contributed by atoms with van der Waals surface area (Å²) < 4.78 is 5.30. The van der Waals surface area contributed by atoms with Crippen LogP contribution in [0.4, 0.5) is 0 Å². The predicted octanol–water partition coefficient (Wildman–Crippen LogP) is 4.48. The molecule has 1 atom stereocenters. The number of nitrogens with one attached hydrogen (secondary N) is 2. The molecule has 3 aromatic rings. The summed E-state index contributed by atoms with van der Waals surface area (Å²) in [7, 11) is 1.73. The van der Waals surface area contributed by atoms with Crippen molar-refractivity contribution in [1.29, 1.82) is 0 Å². The highest BCUT2D eigenvalue weighted by atomic mass is 127. The van der Waals surface area contributed by atoms with Crippen LogP contribution in [-0.2, 0) is 6.54 Å². The molecule has 8 heteroatoms. The van der Waals surface area contributed by atoms with Crippen LogP contribution in [0.5, 0.6) is 0 Å². The molecule has 1 unspecified atom stereocenters. The molecule has 0 aliphatic rings. The summed E-state index contributed by atoms with van der Waals surface area (Å²) in [6, 6.07) is 17.7. The van der Waals surface area contributed by atoms with E-state index in [9.17, 15) is 0 Å². The number of rotatable bonds is 6. The molecule has 1 heterocycles. The Morgan fingerprint density at radius 2 is 1.82 bits per heavy atom. The fourth-order valence-corrected chi connectivity index (χ4v) is 2.70. The van der Waals surface area contributed by atoms with E-state index in [0.29, 0.717) is 35.2 Å². The number of benzene rings is 2. The van der Waals surface area contributed by atoms with Gasteiger partial charge < -0.3 is 15.2 Å². The lowest BCUT2D eigenvalue weighted by molar-refractivity contribution is 0.375. The summed E-state index contributed by atoms with van der Waals surface area (Å²) in [6.45, 7) is 3.33. The lowest BCUT2D eigenvalue weighted by atomic mass is 10.0. The third-order valence-corrected chi connectivity index (χ3v) is 4.40. The largest absolute Gasteiger partial charge is 0.356 e. The molecule has 0 aliphatic carbocycles. The molecule has 0 saturated heterocycles. The number of halogens is 2. The third kappa shape index (κ3) is 6.20. The zero-order chi connectivity index (χ0) is 19.1. The van der Waals surface area contributed by atoms with Crippen LogP contribution in [0.2, 0.25) is 5.02 Å². The Morgan fingerprint density at radius 3 is 2.50 bits per heavy atom. The van der Waals surface area contributed by atoms with Gasteiger partial charge in [-0.05, 0) is 35.7 Å². The average molecular weight is 512 g/mol. The van der Waals surface area contributed by atoms with Gasteiger partial charge in [-0.3, -0.25) is 4.99 Å². The van der Waals surface area contributed by atoms with Gasteiger partial charge in [0.2, 0.25) is 11.7 Å². The molecule has 6 nitrogen and oxygen atoms in total. The van der Waals surface area contributed by atoms with Gasteiger partial charge in [0, 0.05) is 24.2 Å². The maximum absolute atomic E-state index is 5.90. The van der Waals surface area contributed by atoms with Crippen LogP contribution in [0, 0.1) is 0 Å². The Morgan fingerprint density at radius 1 is 1.11 bits per heavy atom. The normalized spacial score (nSPS) is 12.2. The fourth-order valence-electron chi connectivity index (χ4n) is 2.57. The van der Waals surface area contributed by atoms with E-state index in [-0.39, 0.29) is 24.0 Å². The summed E-state index contributed by atoms with van der Waals surface area (Å²) >= 11 is 5.90. The molecule has 0 bridgehead atoms. The molecular formula is C20H23ClIN5O. The molecule has 28 heavy (non-hydrogen) atoms. The summed E-state index contributed by atoms with van der Waals surface area (Å²) in [4.78, 5) is 8.63. The van der Waals surface area contributed by atoms with Gasteiger partial charge >= 0.3 is 0 Å². The van der Waals surface area contributed by atoms with Crippen molar-refractivity contribution < 1.29 is 4.52 Å². The second kappa shape index (κ2) is 11.0. The summed E-state index contributed by atoms with van der Waals surface area (Å²) in [6.07, 6.45) is 0. The van der Waals surface area contributed by atoms with Crippen molar-refractivity contribution in [2.75, 3.05) is 13.6 Å². The molecule has 0 fully saturated rings. The maximum atomic E-state index is 5.90. The number of guanidine groups is 1. The highest BCUT2D eigenvalue weighted by Crippen LogP contribution is 2.18. The predicted molar refractivity (Wildman–Crippen MR) is 123 cm³/mol. The third-order valence-electron chi connectivity index (χ3n) is 4.15. The Hall–Kier alpha value is -2.13. The van der Waals surface area contributed by atoms with Crippen molar-refractivity contribution in [2.45, 2.75) is 19.4 Å². The molecule has 0 radical (unpaired) electrons. The standard InChI is InChI=1S/C20H22ClN5O.HI/c1-14(15-6-4-3-5-7-15)12-23-20(22-2)24-13-18-25-19(26-27-18)16-8-10-17(21)11-9-16;/h3-11,14H,12-13H2,1-2H3,(H2,22,23,24);1H. The quantitative estimate of drug-likeness (QED) is 0.290. The number of aliphatic imine (C=N–C) groups is 1. The van der Waals surface area contributed by atoms with Crippen molar-refractivity contribution in [3.63, 3.8) is 0 Å². The van der Waals surface area contributed by atoms with Crippen LogP contribution in [-0.4, -0.2) is 29.7 Å². The fraction of sp³-hybridized carbons (Fsp3) is 0.250. The molecule has 2 N–H and O–H groups in total. The second-order valence-corrected chi connectivity index (χ2v) is 6.57. The van der Waals surface area contributed by atoms with Crippen LogP contribution >= 0.6 is 35.6 Å². The van der Waals surface area contributed by atoms with E-state index >= 15 is 0 Å². The molecule has 148 valence electrons. The first-order valence-electron chi connectivity index (χ1n) is 8.73. The highest BCUT2D eigenvalue weighted by Gasteiger charge is 2.10. The van der Waals surface area contributed by atoms with E-state index in [1.165, 1.54) is 5.56 Å². The van der Waals surface area contributed by atoms with E-state index in [2.05, 4.69) is 44.8 Å². The van der Waals surface area contributed by atoms with Crippen molar-refractivity contribution in [3.05, 3.63) is 71.1 Å². The van der Waals surface area contributed by atoms with Crippen molar-refractivity contribution in [1.82, 2.24) is 20.8 Å². The first-order valence-corrected chi connectivity index (χ1v) is 9.11. The molecule has 0 saturated carbocycles. The SMILES string of the molecule is CN=C(NCc1nc(-c2ccc(Cl)cc2)no1)NCC(C)c1ccccc1.I. The van der Waals surface area contributed by atoms with Gasteiger partial charge in [-0.25, -0.2) is 0 Å². The number of nitrogens with zero attached hydrogens (tertiary/aromatic N) is 3. The number of aromatic nitrogens is 2. The molecule has 0 aliphatic heterocycles. The van der Waals surface area contributed by atoms with Gasteiger partial charge in [-0.2, -0.15) is 4.98 Å². The highest BCUT2D eigenvalue weighted by molar-refractivity contribution is 14.0. The molecule has 1 aromatic heterocycles. The van der Waals surface area contributed by atoms with Gasteiger partial charge in [0.1, 0.15) is 0 Å². The number of hydrogen-bond donors (Lipinski definition) is 2. The van der Waals surface area contributed by atoms with E-state index in [1.807, 2.05) is 30.3 Å². The molecular weight excluding hydrogens is 489 g/mol. The Bertz CT molecular complexity index is 883. The Kier molecular flexibility index (Phi) is 8.72. The monoisotopic (exact) mass is 511 g/mol. The van der Waals surface area contributed by atoms with Crippen molar-refractivity contribution in [3.8, 4) is 11.4 Å². The molecule has 3 rings (SSSR count). The van der Waals surface area contributed by atoms with Crippen LogP contribution in [0.3, 0.4) is 0 Å². The molecule has 0 spiro atoms. The van der Waals surface area contributed by atoms with Gasteiger partial charge in [0.15, 0.2) is 5.96 Å². The minimum absolute atomic E-state index is 0. The van der Waals surface area contributed by atoms with Crippen LogP contribution < -0.4 is 10.6 Å². The van der Waals surface area contributed by atoms with E-state index in [4.69, 9.17) is 16.1 Å². The van der Waals surface area contributed by atoms with E-state index in [1.54, 1.807) is 19.2 Å². The lowest BCUT2D eigenvalue weighted by Crippen LogP contribution is -2.38. The summed E-state index contributed by atoms with van der Waals surface area (Å²) in [5.74, 6) is 2.07. The van der Waals surface area contributed by atoms with Gasteiger partial charge in [-0.15, -0.1) is 24.0 Å². The molecule has 2 aromatic carbocycles. The zero-order valence-corrected chi connectivity index (χ0v) is 18.8. The number of hydrogen-bond acceptors (Lipinski definition) is 4. The Balaban J connectivity index is 0.00000280. The zero-order valence-electron chi connectivity index (χ0n) is 15.7. The average Bonchev–Trinajstić information content (AvgIpc) is 3.18. The van der Waals surface area contributed by atoms with Gasteiger partial charge in [0.25, 0.3) is 0 Å². The first kappa shape index (κ1) is 22.2. The lowest BCUT2D eigenvalue weighted by Gasteiger charge is -2.15. The molecule has 0 amide bonds. The minimum Gasteiger partial charge on any atom is -0.356 e. The maximum Gasteiger partial charge on any atom is 0.246 e. The van der Waals surface area contributed by atoms with Crippen molar-refractivity contribution in [2.24, 2.45) is 4.99 Å². The van der Waals surface area contributed by atoms with Crippen LogP contribution in [0.1, 0.15) is 24.3 Å². The summed E-state index contributed by atoms with van der Waals surface area (Å²) in [5, 5.41) is 11.2. The first-order chi connectivity index (χ1) is 13.2. The van der Waals surface area contributed by atoms with Crippen LogP contribution in [0.25, 0.3) is 11.4 Å². The van der Waals surface area contributed by atoms with Crippen LogP contribution in [0.15, 0.2) is 64.1 Å². The topological polar surface area (TPSA) is 75.3 Å². The smallest absolute Gasteiger partial charge is 0.246 e. The second-order valence-electron chi connectivity index (χ2n) is 6.14. The summed E-state index contributed by atoms with van der Waals surface area (Å²) in [5.41, 5.74) is 2.14. The van der Waals surface area contributed by atoms with Crippen molar-refractivity contribution >= 4 is 41.5 Å².